The van der Waals surface area contributed by atoms with Crippen molar-refractivity contribution < 1.29 is 4.39 Å². The molecule has 1 aliphatic heterocycles. The van der Waals surface area contributed by atoms with Crippen LogP contribution in [0.4, 0.5) is 33.3 Å². The summed E-state index contributed by atoms with van der Waals surface area (Å²) < 4.78 is 24.6. The Labute approximate surface area is 667 Å². The number of aromatic amines is 1. The number of hydrogen-bond donors (Lipinski definition) is 8. The van der Waals surface area contributed by atoms with Gasteiger partial charge in [0.2, 0.25) is 5.82 Å². The molecule has 0 aliphatic carbocycles. The van der Waals surface area contributed by atoms with Gasteiger partial charge < -0.3 is 38.1 Å². The molecule has 1 atom stereocenters. The normalized spacial score (nSPS) is 12.6. The molecule has 7 aromatic carbocycles. The average Bonchev–Trinajstić information content (AvgIpc) is 1.60. The minimum atomic E-state index is -0.326. The van der Waals surface area contributed by atoms with Gasteiger partial charge in [0.15, 0.2) is 22.6 Å². The zero-order valence-corrected chi connectivity index (χ0v) is 65.7. The fourth-order valence-electron chi connectivity index (χ4n) is 12.0. The summed E-state index contributed by atoms with van der Waals surface area (Å²) in [5.74, 6) is 4.12. The summed E-state index contributed by atoms with van der Waals surface area (Å²) in [4.78, 5) is 18.7. The van der Waals surface area contributed by atoms with Crippen LogP contribution in [0, 0.1) is 11.7 Å². The molecule has 31 heteroatoms. The first kappa shape index (κ1) is 74.6. The molecule has 108 heavy (non-hydrogen) atoms. The zero-order valence-electron chi connectivity index (χ0n) is 57.1. The van der Waals surface area contributed by atoms with Gasteiger partial charge in [0.05, 0.1) is 65.5 Å². The van der Waals surface area contributed by atoms with E-state index < -0.39 is 0 Å². The van der Waals surface area contributed by atoms with Crippen LogP contribution in [-0.2, 0) is 26.2 Å². The zero-order chi connectivity index (χ0) is 74.6. The fourth-order valence-corrected chi connectivity index (χ4v) is 14.0. The highest BCUT2D eigenvalue weighted by molar-refractivity contribution is 9.11. The first-order valence-electron chi connectivity index (χ1n) is 34.0. The van der Waals surface area contributed by atoms with Gasteiger partial charge in [-0.1, -0.05) is 162 Å². The lowest BCUT2D eigenvalue weighted by molar-refractivity contribution is 0.392. The number of halogens is 8. The van der Waals surface area contributed by atoms with Crippen molar-refractivity contribution in [3.05, 3.63) is 280 Å². The third kappa shape index (κ3) is 17.6. The molecule has 0 bridgehead atoms. The molecule has 1 aliphatic rings. The number of rotatable bonds is 18. The van der Waals surface area contributed by atoms with Crippen LogP contribution < -0.4 is 38.1 Å². The molecule has 1 fully saturated rings. The van der Waals surface area contributed by atoms with Crippen LogP contribution >= 0.6 is 98.5 Å². The van der Waals surface area contributed by atoms with Crippen LogP contribution in [0.15, 0.2) is 237 Å². The lowest BCUT2D eigenvalue weighted by atomic mass is 10.00. The highest BCUT2D eigenvalue weighted by atomic mass is 79.9. The lowest BCUT2D eigenvalue weighted by Crippen LogP contribution is -2.33. The van der Waals surface area contributed by atoms with E-state index in [1.54, 1.807) is 62.6 Å². The van der Waals surface area contributed by atoms with Crippen LogP contribution in [-0.4, -0.2) is 98.7 Å². The quantitative estimate of drug-likeness (QED) is 0.0371. The summed E-state index contributed by atoms with van der Waals surface area (Å²) in [5.41, 5.74) is 26.4. The van der Waals surface area contributed by atoms with Crippen molar-refractivity contribution in [1.29, 1.82) is 0 Å². The van der Waals surface area contributed by atoms with Crippen molar-refractivity contribution in [1.82, 2.24) is 84.3 Å². The number of piperidine rings is 1. The van der Waals surface area contributed by atoms with Crippen LogP contribution in [0.25, 0.3) is 79.0 Å². The highest BCUT2D eigenvalue weighted by Gasteiger charge is 2.20. The van der Waals surface area contributed by atoms with Gasteiger partial charge >= 0.3 is 0 Å². The van der Waals surface area contributed by atoms with Crippen LogP contribution in [0.5, 0.6) is 0 Å². The van der Waals surface area contributed by atoms with E-state index in [4.69, 9.17) is 61.2 Å². The molecule has 10 heterocycles. The second-order valence-corrected chi connectivity index (χ2v) is 29.4. The summed E-state index contributed by atoms with van der Waals surface area (Å²) in [5, 5.41) is 50.8. The second kappa shape index (κ2) is 34.7. The summed E-state index contributed by atoms with van der Waals surface area (Å²) in [6.45, 7) is 5.44. The third-order valence-electron chi connectivity index (χ3n) is 17.5. The van der Waals surface area contributed by atoms with Crippen LogP contribution in [0.2, 0.25) is 15.1 Å². The standard InChI is InChI=1S/C20H17BrClN5.C20H14BrFN8.C19H15BrClN5.C18H19BrClN5/c21-16-12-25-27-19(24-11-14-7-5-13(10-23)6-8-14)9-18(26-20(16)27)15-3-1-2-4-17(15)22;21-15-11-24-30-18(9-17(25-20(15)30)14-3-1-2-4-16(14)22)23-10-12-5-7-13(8-6-12)19-26-28-29-27-19;20-15-11-24-26-18(23-10-12-4-3-5-13(22)8-12)9-17(25-19(15)26)14-6-1-2-7-16(14)21;19-14-11-23-25-17(22-10-12-4-3-7-21-9-12)8-16(24-18(14)25)13-5-1-2-6-15(13)20/h1-9,12,24H,10-11,23H2;1-9,11,23H,10H2,(H,26,27,28,29);1-9,11,23H,10,22H2;1-2,5-6,8,11-12,21-22H,3-4,7,9-10H2. The summed E-state index contributed by atoms with van der Waals surface area (Å²) in [6.07, 6.45) is 9.37. The number of anilines is 5. The van der Waals surface area contributed by atoms with E-state index in [0.717, 1.165) is 139 Å². The van der Waals surface area contributed by atoms with Gasteiger partial charge in [0.1, 0.15) is 29.1 Å². The van der Waals surface area contributed by atoms with E-state index in [-0.39, 0.29) is 5.82 Å². The number of tetrazole rings is 1. The predicted molar refractivity (Wildman–Crippen MR) is 440 cm³/mol. The summed E-state index contributed by atoms with van der Waals surface area (Å²) in [6, 6.07) is 61.2. The molecular weight excluding hydrogens is 1690 g/mol. The van der Waals surface area contributed by atoms with Gasteiger partial charge in [0.25, 0.3) is 0 Å². The molecule has 16 aromatic rings. The number of benzene rings is 7. The smallest absolute Gasteiger partial charge is 0.204 e. The highest BCUT2D eigenvalue weighted by Crippen LogP contribution is 2.35. The Morgan fingerprint density at radius 3 is 1.28 bits per heavy atom. The van der Waals surface area contributed by atoms with Crippen molar-refractivity contribution in [2.75, 3.05) is 46.6 Å². The molecule has 0 saturated carbocycles. The molecule has 1 unspecified atom stereocenters. The maximum atomic E-state index is 14.3. The summed E-state index contributed by atoms with van der Waals surface area (Å²) in [7, 11) is 0. The molecular formula is C77H65Br4Cl3FN23. The Bertz CT molecular complexity index is 5800. The number of nitrogens with zero attached hydrogens (tertiary/aromatic N) is 15. The van der Waals surface area contributed by atoms with Crippen molar-refractivity contribution in [2.24, 2.45) is 11.7 Å². The number of fused-ring (bicyclic) bond motifs is 4. The molecule has 23 nitrogen and oxygen atoms in total. The Morgan fingerprint density at radius 1 is 0.463 bits per heavy atom. The molecule has 10 N–H and O–H groups in total. The number of aromatic nitrogens is 16. The average molecular weight is 1760 g/mol. The molecule has 544 valence electrons. The van der Waals surface area contributed by atoms with Crippen molar-refractivity contribution in [3.63, 3.8) is 0 Å². The lowest BCUT2D eigenvalue weighted by Gasteiger charge is -2.23. The minimum absolute atomic E-state index is 0.326. The van der Waals surface area contributed by atoms with Gasteiger partial charge in [0, 0.05) is 106 Å². The van der Waals surface area contributed by atoms with E-state index in [9.17, 15) is 4.39 Å². The van der Waals surface area contributed by atoms with E-state index >= 15 is 0 Å². The number of nitrogens with two attached hydrogens (primary N) is 2. The van der Waals surface area contributed by atoms with E-state index in [0.29, 0.717) is 75.7 Å². The van der Waals surface area contributed by atoms with Gasteiger partial charge in [-0.05, 0) is 166 Å². The molecule has 9 aromatic heterocycles. The number of hydrogen-bond acceptors (Lipinski definition) is 18. The SMILES string of the molecule is Clc1ccccc1-c1cc(NCC2CCCNC2)n2ncc(Br)c2n1.Fc1ccccc1-c1cc(NCc2ccc(-c3nn[nH]n3)cc2)n2ncc(Br)c2n1.NCc1ccc(CNc2cc(-c3ccccc3Cl)nc3c(Br)cnn23)cc1.Nc1cccc(CNc2cc(-c3ccccc3Cl)nc3c(Br)cnn23)c1. The van der Waals surface area contributed by atoms with E-state index in [1.165, 1.54) is 18.9 Å². The largest absolute Gasteiger partial charge is 0.399 e. The van der Waals surface area contributed by atoms with E-state index in [1.807, 2.05) is 156 Å². The first-order valence-corrected chi connectivity index (χ1v) is 38.3. The fraction of sp³-hybridized carbons (Fsp3) is 0.130. The Kier molecular flexibility index (Phi) is 24.0. The van der Waals surface area contributed by atoms with Crippen molar-refractivity contribution in [3.8, 4) is 56.4 Å². The predicted octanol–water partition coefficient (Wildman–Crippen LogP) is 18.2. The molecule has 0 spiro atoms. The van der Waals surface area contributed by atoms with Gasteiger partial charge in [-0.25, -0.2) is 24.3 Å². The van der Waals surface area contributed by atoms with E-state index in [2.05, 4.69) is 148 Å². The number of nitrogens with one attached hydrogen (secondary N) is 6. The van der Waals surface area contributed by atoms with Gasteiger partial charge in [-0.2, -0.15) is 43.7 Å². The second-order valence-electron chi connectivity index (χ2n) is 24.8. The number of H-pyrrole nitrogens is 1. The molecule has 1 saturated heterocycles. The molecule has 17 rings (SSSR count). The van der Waals surface area contributed by atoms with Crippen LogP contribution in [0.3, 0.4) is 0 Å². The third-order valence-corrected chi connectivity index (χ3v) is 20.7. The first-order chi connectivity index (χ1) is 52.7. The Hall–Kier alpha value is -10.3. The summed E-state index contributed by atoms with van der Waals surface area (Å²) >= 11 is 33.1. The van der Waals surface area contributed by atoms with Crippen molar-refractivity contribution >= 4 is 150 Å². The van der Waals surface area contributed by atoms with Gasteiger partial charge in [-0.3, -0.25) is 0 Å². The Balaban J connectivity index is 0.000000121. The van der Waals surface area contributed by atoms with Crippen molar-refractivity contribution in [2.45, 2.75) is 39.0 Å². The number of nitrogen functional groups attached to an aromatic ring is 1. The van der Waals surface area contributed by atoms with Gasteiger partial charge in [-0.15, -0.1) is 10.2 Å². The maximum absolute atomic E-state index is 14.3. The Morgan fingerprint density at radius 2 is 0.870 bits per heavy atom. The van der Waals surface area contributed by atoms with Crippen LogP contribution in [0.1, 0.15) is 35.1 Å². The maximum Gasteiger partial charge on any atom is 0.204 e. The minimum Gasteiger partial charge on any atom is -0.399 e. The molecule has 0 radical (unpaired) electrons. The topological polar surface area (TPSA) is 287 Å². The molecule has 0 amide bonds. The monoisotopic (exact) mass is 1750 g/mol.